The van der Waals surface area contributed by atoms with Gasteiger partial charge in [-0.3, -0.25) is 0 Å². The molecule has 0 unspecified atom stereocenters. The van der Waals surface area contributed by atoms with Gasteiger partial charge in [0.05, 0.1) is 6.21 Å². The fourth-order valence-electron chi connectivity index (χ4n) is 0.881. The molecule has 0 spiro atoms. The molecular weight excluding hydrogens is 199 g/mol. The molecule has 0 amide bonds. The number of rotatable bonds is 4. The van der Waals surface area contributed by atoms with Crippen LogP contribution < -0.4 is 11.1 Å². The molecule has 0 bridgehead atoms. The summed E-state index contributed by atoms with van der Waals surface area (Å²) >= 11 is 0. The minimum Gasteiger partial charge on any atom is -0.493 e. The average molecular weight is 210 g/mol. The summed E-state index contributed by atoms with van der Waals surface area (Å²) in [6, 6.07) is 3.05. The van der Waals surface area contributed by atoms with Crippen molar-refractivity contribution in [2.45, 2.75) is 6.54 Å². The minimum absolute atomic E-state index is 0.0760. The number of halogens is 1. The second-order valence-corrected chi connectivity index (χ2v) is 2.78. The van der Waals surface area contributed by atoms with E-state index in [4.69, 9.17) is 16.2 Å². The van der Waals surface area contributed by atoms with Crippen LogP contribution in [0.5, 0.6) is 5.88 Å². The molecule has 6 heteroatoms. The first-order valence-corrected chi connectivity index (χ1v) is 4.17. The van der Waals surface area contributed by atoms with Crippen LogP contribution in [0.15, 0.2) is 30.0 Å². The van der Waals surface area contributed by atoms with Gasteiger partial charge in [-0.05, 0) is 5.56 Å². The number of pyridine rings is 1. The molecular formula is C9H11FN4O. The van der Waals surface area contributed by atoms with Crippen LogP contribution in [-0.4, -0.2) is 16.3 Å². The molecule has 0 aliphatic carbocycles. The van der Waals surface area contributed by atoms with E-state index in [1.165, 1.54) is 12.3 Å². The maximum atomic E-state index is 12.7. The molecule has 1 aromatic heterocycles. The van der Waals surface area contributed by atoms with Crippen molar-refractivity contribution < 1.29 is 9.50 Å². The molecule has 0 atom stereocenters. The first-order chi connectivity index (χ1) is 7.13. The van der Waals surface area contributed by atoms with Gasteiger partial charge in [0, 0.05) is 18.8 Å². The van der Waals surface area contributed by atoms with Crippen molar-refractivity contribution >= 4 is 6.21 Å². The Labute approximate surface area is 86.0 Å². The zero-order valence-electron chi connectivity index (χ0n) is 7.87. The van der Waals surface area contributed by atoms with Crippen LogP contribution in [-0.2, 0) is 6.54 Å². The van der Waals surface area contributed by atoms with Gasteiger partial charge in [0.25, 0.3) is 0 Å². The van der Waals surface area contributed by atoms with Crippen molar-refractivity contribution in [1.29, 1.82) is 5.41 Å². The summed E-state index contributed by atoms with van der Waals surface area (Å²) in [5, 5.41) is 18.1. The summed E-state index contributed by atoms with van der Waals surface area (Å²) in [5.41, 5.74) is 6.02. The summed E-state index contributed by atoms with van der Waals surface area (Å²) in [6.45, 7) is 0.278. The van der Waals surface area contributed by atoms with Gasteiger partial charge < -0.3 is 21.6 Å². The predicted molar refractivity (Wildman–Crippen MR) is 53.8 cm³/mol. The highest BCUT2D eigenvalue weighted by Gasteiger charge is 1.99. The van der Waals surface area contributed by atoms with Gasteiger partial charge in [0.2, 0.25) is 5.88 Å². The summed E-state index contributed by atoms with van der Waals surface area (Å²) in [6.07, 6.45) is 1.97. The van der Waals surface area contributed by atoms with Gasteiger partial charge in [-0.1, -0.05) is 6.07 Å². The maximum Gasteiger partial charge on any atom is 0.210 e. The van der Waals surface area contributed by atoms with Crippen LogP contribution in [0.3, 0.4) is 0 Å². The monoisotopic (exact) mass is 210 g/mol. The van der Waals surface area contributed by atoms with Gasteiger partial charge in [0.1, 0.15) is 5.82 Å². The van der Waals surface area contributed by atoms with E-state index in [0.717, 1.165) is 5.56 Å². The lowest BCUT2D eigenvalue weighted by Crippen LogP contribution is -2.21. The second kappa shape index (κ2) is 4.94. The topological polar surface area (TPSA) is 95.0 Å². The molecule has 1 aromatic rings. The zero-order chi connectivity index (χ0) is 11.3. The lowest BCUT2D eigenvalue weighted by Gasteiger charge is -2.05. The summed E-state index contributed by atoms with van der Waals surface area (Å²) in [7, 11) is 0. The number of aromatic nitrogens is 1. The first-order valence-electron chi connectivity index (χ1n) is 4.17. The standard InChI is InChI=1S/C9H11FN4O/c10-7(3-11)9(12)14-5-6-1-2-8(15)13-4-6/h1-4,11,14H,5,12H2,(H,13,15)/b9-7-,11-3?. The van der Waals surface area contributed by atoms with Crippen molar-refractivity contribution in [1.82, 2.24) is 10.3 Å². The van der Waals surface area contributed by atoms with Gasteiger partial charge in [-0.15, -0.1) is 0 Å². The lowest BCUT2D eigenvalue weighted by atomic mass is 10.3. The highest BCUT2D eigenvalue weighted by Crippen LogP contribution is 2.05. The zero-order valence-corrected chi connectivity index (χ0v) is 7.87. The van der Waals surface area contributed by atoms with E-state index in [1.54, 1.807) is 6.07 Å². The van der Waals surface area contributed by atoms with Gasteiger partial charge >= 0.3 is 0 Å². The van der Waals surface area contributed by atoms with Gasteiger partial charge in [-0.2, -0.15) is 0 Å². The third-order valence-electron chi connectivity index (χ3n) is 1.68. The van der Waals surface area contributed by atoms with E-state index in [9.17, 15) is 4.39 Å². The Morgan fingerprint density at radius 1 is 1.67 bits per heavy atom. The summed E-state index contributed by atoms with van der Waals surface area (Å²) in [5.74, 6) is -1.09. The fraction of sp³-hybridized carbons (Fsp3) is 0.111. The first kappa shape index (κ1) is 11.0. The Bertz CT molecular complexity index is 374. The molecule has 5 nitrogen and oxygen atoms in total. The molecule has 0 fully saturated rings. The maximum absolute atomic E-state index is 12.7. The number of aromatic hydroxyl groups is 1. The predicted octanol–water partition coefficient (Wildman–Crippen LogP) is 0.624. The summed E-state index contributed by atoms with van der Waals surface area (Å²) < 4.78 is 12.7. The van der Waals surface area contributed by atoms with Crippen LogP contribution in [0.4, 0.5) is 4.39 Å². The summed E-state index contributed by atoms with van der Waals surface area (Å²) in [4.78, 5) is 3.64. The Morgan fingerprint density at radius 3 is 2.93 bits per heavy atom. The highest BCUT2D eigenvalue weighted by atomic mass is 19.1. The van der Waals surface area contributed by atoms with Crippen LogP contribution >= 0.6 is 0 Å². The van der Waals surface area contributed by atoms with Gasteiger partial charge in [-0.25, -0.2) is 9.37 Å². The van der Waals surface area contributed by atoms with E-state index in [0.29, 0.717) is 6.21 Å². The van der Waals surface area contributed by atoms with E-state index in [2.05, 4.69) is 10.3 Å². The number of nitrogens with zero attached hydrogens (tertiary/aromatic N) is 1. The molecule has 0 aromatic carbocycles. The van der Waals surface area contributed by atoms with E-state index in [-0.39, 0.29) is 18.2 Å². The van der Waals surface area contributed by atoms with Crippen LogP contribution in [0.1, 0.15) is 5.56 Å². The normalized spacial score (nSPS) is 11.8. The molecule has 1 rings (SSSR count). The molecule has 0 aliphatic rings. The molecule has 5 N–H and O–H groups in total. The molecule has 80 valence electrons. The third-order valence-corrected chi connectivity index (χ3v) is 1.68. The Morgan fingerprint density at radius 2 is 2.40 bits per heavy atom. The molecule has 15 heavy (non-hydrogen) atoms. The Hall–Kier alpha value is -2.11. The largest absolute Gasteiger partial charge is 0.493 e. The lowest BCUT2D eigenvalue weighted by molar-refractivity contribution is 0.453. The molecule has 0 saturated carbocycles. The van der Waals surface area contributed by atoms with Crippen molar-refractivity contribution in [2.24, 2.45) is 5.73 Å². The average Bonchev–Trinajstić information content (AvgIpc) is 2.26. The SMILES string of the molecule is N=C/C(F)=C(\N)NCc1ccc(O)nc1. The number of nitrogens with one attached hydrogen (secondary N) is 2. The van der Waals surface area contributed by atoms with Crippen molar-refractivity contribution in [3.05, 3.63) is 35.5 Å². The fourth-order valence-corrected chi connectivity index (χ4v) is 0.881. The Kier molecular flexibility index (Phi) is 3.61. The number of hydrogen-bond acceptors (Lipinski definition) is 5. The third kappa shape index (κ3) is 3.26. The van der Waals surface area contributed by atoms with Crippen LogP contribution in [0.25, 0.3) is 0 Å². The van der Waals surface area contributed by atoms with E-state index < -0.39 is 5.83 Å². The molecule has 0 radical (unpaired) electrons. The van der Waals surface area contributed by atoms with Crippen molar-refractivity contribution in [3.63, 3.8) is 0 Å². The Balaban J connectivity index is 2.58. The van der Waals surface area contributed by atoms with Crippen molar-refractivity contribution in [3.8, 4) is 5.88 Å². The smallest absolute Gasteiger partial charge is 0.210 e. The van der Waals surface area contributed by atoms with E-state index >= 15 is 0 Å². The van der Waals surface area contributed by atoms with Gasteiger partial charge in [0.15, 0.2) is 5.83 Å². The molecule has 0 aliphatic heterocycles. The number of hydrogen-bond donors (Lipinski definition) is 4. The number of nitrogens with two attached hydrogens (primary N) is 1. The molecule has 0 saturated heterocycles. The van der Waals surface area contributed by atoms with Crippen molar-refractivity contribution in [2.75, 3.05) is 0 Å². The van der Waals surface area contributed by atoms with Crippen LogP contribution in [0.2, 0.25) is 0 Å². The molecule has 1 heterocycles. The second-order valence-electron chi connectivity index (χ2n) is 2.78. The quantitative estimate of drug-likeness (QED) is 0.548. The minimum atomic E-state index is -0.818. The van der Waals surface area contributed by atoms with Crippen LogP contribution in [0, 0.1) is 5.41 Å². The number of allylic oxidation sites excluding steroid dienone is 1. The van der Waals surface area contributed by atoms with E-state index in [1.807, 2.05) is 0 Å². The highest BCUT2D eigenvalue weighted by molar-refractivity contribution is 5.73.